The maximum absolute atomic E-state index is 10.6. The zero-order valence-electron chi connectivity index (χ0n) is 5.69. The zero-order valence-corrected chi connectivity index (χ0v) is 6.51. The van der Waals surface area contributed by atoms with Crippen LogP contribution in [0.1, 0.15) is 11.0 Å². The molecule has 1 aromatic heterocycles. The Labute approximate surface area is 68.1 Å². The van der Waals surface area contributed by atoms with Crippen LogP contribution in [0.5, 0.6) is 0 Å². The number of carbonyl (C=O) groups is 1. The molecule has 2 heterocycles. The largest absolute Gasteiger partial charge is 0.449 e. The Morgan fingerprint density at radius 1 is 1.55 bits per heavy atom. The van der Waals surface area contributed by atoms with Crippen LogP contribution in [0.2, 0.25) is 0 Å². The summed E-state index contributed by atoms with van der Waals surface area (Å²) in [5.74, 6) is -0.247. The highest BCUT2D eigenvalue weighted by Crippen LogP contribution is 2.26. The highest BCUT2D eigenvalue weighted by Gasteiger charge is 2.18. The summed E-state index contributed by atoms with van der Waals surface area (Å²) in [7, 11) is 0. The van der Waals surface area contributed by atoms with Crippen molar-refractivity contribution < 1.29 is 9.53 Å². The number of esters is 1. The van der Waals surface area contributed by atoms with Crippen molar-refractivity contribution in [1.29, 1.82) is 0 Å². The van der Waals surface area contributed by atoms with Gasteiger partial charge < -0.3 is 4.74 Å². The number of hydrogen-bond acceptors (Lipinski definition) is 3. The average Bonchev–Trinajstić information content (AvgIpc) is 2.55. The van der Waals surface area contributed by atoms with E-state index in [1.54, 1.807) is 17.4 Å². The van der Waals surface area contributed by atoms with Crippen molar-refractivity contribution in [2.75, 3.05) is 0 Å². The van der Waals surface area contributed by atoms with E-state index in [4.69, 9.17) is 4.74 Å². The number of cyclic esters (lactones) is 1. The fourth-order valence-corrected chi connectivity index (χ4v) is 1.71. The molecule has 3 heteroatoms. The van der Waals surface area contributed by atoms with Crippen LogP contribution in [0.25, 0.3) is 0 Å². The highest BCUT2D eigenvalue weighted by molar-refractivity contribution is 7.10. The Kier molecular flexibility index (Phi) is 1.51. The van der Waals surface area contributed by atoms with Gasteiger partial charge in [0, 0.05) is 11.0 Å². The lowest BCUT2D eigenvalue weighted by atomic mass is 10.3. The Bertz CT molecular complexity index is 287. The van der Waals surface area contributed by atoms with E-state index in [0.29, 0.717) is 0 Å². The molecule has 0 saturated carbocycles. The second kappa shape index (κ2) is 2.51. The molecule has 0 N–H and O–H groups in total. The molecule has 11 heavy (non-hydrogen) atoms. The van der Waals surface area contributed by atoms with Crippen LogP contribution in [0, 0.1) is 0 Å². The monoisotopic (exact) mass is 166 g/mol. The molecule has 1 atom stereocenters. The quantitative estimate of drug-likeness (QED) is 0.595. The van der Waals surface area contributed by atoms with Gasteiger partial charge >= 0.3 is 5.97 Å². The number of hydrogen-bond donors (Lipinski definition) is 0. The average molecular weight is 166 g/mol. The lowest BCUT2D eigenvalue weighted by molar-refractivity contribution is -0.138. The molecule has 2 rings (SSSR count). The Hall–Kier alpha value is -1.09. The van der Waals surface area contributed by atoms with Crippen LogP contribution >= 0.6 is 11.3 Å². The first-order chi connectivity index (χ1) is 5.36. The molecule has 1 aliphatic rings. The summed E-state index contributed by atoms with van der Waals surface area (Å²) in [6, 6.07) is 3.90. The fourth-order valence-electron chi connectivity index (χ4n) is 0.976. The minimum Gasteiger partial charge on any atom is -0.449 e. The third-order valence-corrected chi connectivity index (χ3v) is 2.41. The minimum atomic E-state index is -0.247. The molecule has 0 spiro atoms. The number of ether oxygens (including phenoxy) is 1. The van der Waals surface area contributed by atoms with Crippen molar-refractivity contribution in [3.05, 3.63) is 34.5 Å². The molecule has 0 bridgehead atoms. The zero-order chi connectivity index (χ0) is 7.68. The van der Waals surface area contributed by atoms with Gasteiger partial charge in [-0.15, -0.1) is 11.3 Å². The summed E-state index contributed by atoms with van der Waals surface area (Å²) >= 11 is 1.59. The van der Waals surface area contributed by atoms with Crippen LogP contribution in [-0.4, -0.2) is 5.97 Å². The van der Waals surface area contributed by atoms with E-state index < -0.39 is 0 Å². The summed E-state index contributed by atoms with van der Waals surface area (Å²) in [5, 5.41) is 1.97. The summed E-state index contributed by atoms with van der Waals surface area (Å²) in [6.07, 6.45) is 3.10. The van der Waals surface area contributed by atoms with E-state index in [1.165, 1.54) is 6.08 Å². The molecule has 0 aromatic carbocycles. The van der Waals surface area contributed by atoms with Crippen molar-refractivity contribution in [2.24, 2.45) is 0 Å². The molecule has 1 aromatic rings. The molecule has 0 saturated heterocycles. The SMILES string of the molecule is O=C1C=C[C@@H](c2cccs2)O1. The van der Waals surface area contributed by atoms with Gasteiger partial charge in [-0.3, -0.25) is 0 Å². The first-order valence-corrected chi connectivity index (χ1v) is 4.16. The summed E-state index contributed by atoms with van der Waals surface area (Å²) < 4.78 is 4.97. The third kappa shape index (κ3) is 1.19. The topological polar surface area (TPSA) is 26.3 Å². The molecular weight excluding hydrogens is 160 g/mol. The number of rotatable bonds is 1. The summed E-state index contributed by atoms with van der Waals surface area (Å²) in [5.41, 5.74) is 0. The van der Waals surface area contributed by atoms with Gasteiger partial charge in [0.15, 0.2) is 6.10 Å². The van der Waals surface area contributed by atoms with Crippen LogP contribution < -0.4 is 0 Å². The molecule has 1 aliphatic heterocycles. The smallest absolute Gasteiger partial charge is 0.331 e. The predicted molar refractivity (Wildman–Crippen MR) is 42.3 cm³/mol. The van der Waals surface area contributed by atoms with E-state index in [1.807, 2.05) is 17.5 Å². The number of carbonyl (C=O) groups excluding carboxylic acids is 1. The summed E-state index contributed by atoms with van der Waals surface area (Å²) in [6.45, 7) is 0. The van der Waals surface area contributed by atoms with E-state index in [2.05, 4.69) is 0 Å². The van der Waals surface area contributed by atoms with Crippen molar-refractivity contribution in [1.82, 2.24) is 0 Å². The van der Waals surface area contributed by atoms with Crippen LogP contribution in [0.4, 0.5) is 0 Å². The first kappa shape index (κ1) is 6.61. The van der Waals surface area contributed by atoms with Crippen LogP contribution in [-0.2, 0) is 9.53 Å². The van der Waals surface area contributed by atoms with Crippen LogP contribution in [0.3, 0.4) is 0 Å². The van der Waals surface area contributed by atoms with E-state index in [-0.39, 0.29) is 12.1 Å². The van der Waals surface area contributed by atoms with Gasteiger partial charge in [0.1, 0.15) is 0 Å². The predicted octanol–water partition coefficient (Wildman–Crippen LogP) is 1.90. The Morgan fingerprint density at radius 2 is 2.45 bits per heavy atom. The molecule has 2 nitrogen and oxygen atoms in total. The number of thiophene rings is 1. The van der Waals surface area contributed by atoms with E-state index >= 15 is 0 Å². The molecule has 56 valence electrons. The third-order valence-electron chi connectivity index (χ3n) is 1.47. The molecule has 0 fully saturated rings. The lowest BCUT2D eigenvalue weighted by Gasteiger charge is -2.03. The minimum absolute atomic E-state index is 0.137. The molecule has 0 unspecified atom stereocenters. The van der Waals surface area contributed by atoms with Crippen LogP contribution in [0.15, 0.2) is 29.7 Å². The second-order valence-corrected chi connectivity index (χ2v) is 3.21. The van der Waals surface area contributed by atoms with Gasteiger partial charge in [-0.2, -0.15) is 0 Å². The van der Waals surface area contributed by atoms with Crippen molar-refractivity contribution in [3.63, 3.8) is 0 Å². The van der Waals surface area contributed by atoms with Crippen molar-refractivity contribution >= 4 is 17.3 Å². The van der Waals surface area contributed by atoms with E-state index in [0.717, 1.165) is 4.88 Å². The van der Waals surface area contributed by atoms with E-state index in [9.17, 15) is 4.79 Å². The normalized spacial score (nSPS) is 22.2. The van der Waals surface area contributed by atoms with Crippen molar-refractivity contribution in [3.8, 4) is 0 Å². The molecule has 0 amide bonds. The molecular formula is C8H6O2S. The van der Waals surface area contributed by atoms with Gasteiger partial charge in [-0.25, -0.2) is 4.79 Å². The van der Waals surface area contributed by atoms with Gasteiger partial charge in [0.2, 0.25) is 0 Å². The van der Waals surface area contributed by atoms with Gasteiger partial charge in [-0.1, -0.05) is 6.07 Å². The maximum atomic E-state index is 10.6. The Balaban J connectivity index is 2.21. The van der Waals surface area contributed by atoms with Gasteiger partial charge in [0.25, 0.3) is 0 Å². The second-order valence-electron chi connectivity index (χ2n) is 2.23. The molecule has 0 aliphatic carbocycles. The lowest BCUT2D eigenvalue weighted by Crippen LogP contribution is -1.96. The van der Waals surface area contributed by atoms with Gasteiger partial charge in [-0.05, 0) is 17.5 Å². The fraction of sp³-hybridized carbons (Fsp3) is 0.125. The molecule has 0 radical (unpaired) electrons. The first-order valence-electron chi connectivity index (χ1n) is 3.28. The van der Waals surface area contributed by atoms with Crippen molar-refractivity contribution in [2.45, 2.75) is 6.10 Å². The maximum Gasteiger partial charge on any atom is 0.331 e. The standard InChI is InChI=1S/C8H6O2S/c9-8-4-3-6(10-8)7-2-1-5-11-7/h1-6H/t6-/m0/s1. The Morgan fingerprint density at radius 3 is 3.00 bits per heavy atom. The van der Waals surface area contributed by atoms with Gasteiger partial charge in [0.05, 0.1) is 0 Å². The highest BCUT2D eigenvalue weighted by atomic mass is 32.1. The summed E-state index contributed by atoms with van der Waals surface area (Å²) in [4.78, 5) is 11.7.